The van der Waals surface area contributed by atoms with Crippen LogP contribution in [0.25, 0.3) is 0 Å². The minimum absolute atomic E-state index is 0.125. The van der Waals surface area contributed by atoms with Gasteiger partial charge in [0.25, 0.3) is 5.91 Å². The topological polar surface area (TPSA) is 77.1 Å². The monoisotopic (exact) mass is 398 g/mol. The highest BCUT2D eigenvalue weighted by atomic mass is 16.5. The van der Waals surface area contributed by atoms with Gasteiger partial charge in [-0.1, -0.05) is 12.1 Å². The van der Waals surface area contributed by atoms with Gasteiger partial charge in [-0.3, -0.25) is 9.59 Å². The Morgan fingerprint density at radius 1 is 0.966 bits per heavy atom. The van der Waals surface area contributed by atoms with E-state index in [9.17, 15) is 9.59 Å². The number of likely N-dealkylation sites (tertiary alicyclic amines) is 1. The molecule has 0 unspecified atom stereocenters. The van der Waals surface area contributed by atoms with Gasteiger partial charge < -0.3 is 24.4 Å². The first-order valence-corrected chi connectivity index (χ1v) is 9.53. The molecule has 1 N–H and O–H groups in total. The summed E-state index contributed by atoms with van der Waals surface area (Å²) in [6, 6.07) is 10.6. The van der Waals surface area contributed by atoms with Crippen molar-refractivity contribution in [2.45, 2.75) is 19.3 Å². The molecule has 2 amide bonds. The van der Waals surface area contributed by atoms with Crippen LogP contribution in [0.3, 0.4) is 0 Å². The second kappa shape index (κ2) is 9.32. The van der Waals surface area contributed by atoms with Crippen LogP contribution >= 0.6 is 0 Å². The van der Waals surface area contributed by atoms with Crippen LogP contribution in [-0.2, 0) is 11.2 Å². The smallest absolute Gasteiger partial charge is 0.256 e. The van der Waals surface area contributed by atoms with Crippen molar-refractivity contribution in [2.75, 3.05) is 39.7 Å². The van der Waals surface area contributed by atoms with Crippen molar-refractivity contribution in [3.05, 3.63) is 47.5 Å². The van der Waals surface area contributed by atoms with Crippen LogP contribution in [0.4, 0.5) is 5.69 Å². The molecule has 0 radical (unpaired) electrons. The lowest BCUT2D eigenvalue weighted by Crippen LogP contribution is -2.29. The molecule has 7 heteroatoms. The minimum Gasteiger partial charge on any atom is -0.497 e. The number of carbonyl (C=O) groups is 2. The zero-order chi connectivity index (χ0) is 20.8. The number of nitrogens with one attached hydrogen (secondary N) is 1. The maximum Gasteiger partial charge on any atom is 0.256 e. The van der Waals surface area contributed by atoms with Gasteiger partial charge in [-0.15, -0.1) is 0 Å². The maximum atomic E-state index is 13.0. The zero-order valence-electron chi connectivity index (χ0n) is 17.0. The van der Waals surface area contributed by atoms with Crippen LogP contribution in [-0.4, -0.2) is 51.1 Å². The number of rotatable bonds is 7. The van der Waals surface area contributed by atoms with Crippen LogP contribution in [0.5, 0.6) is 17.2 Å². The van der Waals surface area contributed by atoms with Crippen LogP contribution < -0.4 is 19.5 Å². The molecule has 1 aliphatic rings. The Hall–Kier alpha value is -3.22. The summed E-state index contributed by atoms with van der Waals surface area (Å²) in [7, 11) is 4.61. The first-order valence-electron chi connectivity index (χ1n) is 9.53. The maximum absolute atomic E-state index is 13.0. The fraction of sp³-hybridized carbons (Fsp3) is 0.364. The molecule has 0 aromatic heterocycles. The number of benzene rings is 2. The van der Waals surface area contributed by atoms with Gasteiger partial charge in [-0.25, -0.2) is 0 Å². The third-order valence-corrected chi connectivity index (χ3v) is 4.92. The van der Waals surface area contributed by atoms with Crippen molar-refractivity contribution in [1.82, 2.24) is 4.90 Å². The van der Waals surface area contributed by atoms with Gasteiger partial charge in [0.2, 0.25) is 5.91 Å². The van der Waals surface area contributed by atoms with Crippen molar-refractivity contribution in [1.29, 1.82) is 0 Å². The van der Waals surface area contributed by atoms with Crippen LogP contribution in [0.1, 0.15) is 28.8 Å². The average molecular weight is 398 g/mol. The number of carbonyl (C=O) groups excluding carboxylic acids is 2. The summed E-state index contributed by atoms with van der Waals surface area (Å²) < 4.78 is 15.9. The van der Waals surface area contributed by atoms with Gasteiger partial charge in [0.15, 0.2) is 11.5 Å². The van der Waals surface area contributed by atoms with Crippen molar-refractivity contribution < 1.29 is 23.8 Å². The average Bonchev–Trinajstić information content (AvgIpc) is 3.27. The van der Waals surface area contributed by atoms with Crippen LogP contribution in [0.15, 0.2) is 36.4 Å². The molecule has 3 rings (SSSR count). The summed E-state index contributed by atoms with van der Waals surface area (Å²) in [5.41, 5.74) is 1.62. The molecule has 0 bridgehead atoms. The Bertz CT molecular complexity index is 891. The molecule has 154 valence electrons. The lowest BCUT2D eigenvalue weighted by molar-refractivity contribution is -0.115. The predicted molar refractivity (Wildman–Crippen MR) is 110 cm³/mol. The molecule has 0 saturated carbocycles. The first-order chi connectivity index (χ1) is 14.0. The number of amides is 2. The molecular formula is C22H26N2O5. The lowest BCUT2D eigenvalue weighted by atomic mass is 10.1. The quantitative estimate of drug-likeness (QED) is 0.775. The zero-order valence-corrected chi connectivity index (χ0v) is 17.0. The van der Waals surface area contributed by atoms with Crippen molar-refractivity contribution in [3.63, 3.8) is 0 Å². The summed E-state index contributed by atoms with van der Waals surface area (Å²) in [5, 5.41) is 2.86. The molecule has 2 aromatic carbocycles. The predicted octanol–water partition coefficient (Wildman–Crippen LogP) is 3.13. The third kappa shape index (κ3) is 4.80. The SMILES string of the molecule is COc1cccc(CC(=O)Nc2cc(OC)c(OC)cc2C(=O)N2CCCC2)c1. The molecule has 0 aliphatic carbocycles. The third-order valence-electron chi connectivity index (χ3n) is 4.92. The number of anilines is 1. The molecule has 29 heavy (non-hydrogen) atoms. The van der Waals surface area contributed by atoms with E-state index in [4.69, 9.17) is 14.2 Å². The summed E-state index contributed by atoms with van der Waals surface area (Å²) in [5.74, 6) is 1.22. The van der Waals surface area contributed by atoms with E-state index in [2.05, 4.69) is 5.32 Å². The molecule has 0 spiro atoms. The Labute approximate surface area is 170 Å². The van der Waals surface area contributed by atoms with E-state index in [1.807, 2.05) is 24.3 Å². The Morgan fingerprint density at radius 3 is 2.31 bits per heavy atom. The molecule has 2 aromatic rings. The van der Waals surface area contributed by atoms with Gasteiger partial charge in [0.05, 0.1) is 39.0 Å². The Kier molecular flexibility index (Phi) is 6.59. The largest absolute Gasteiger partial charge is 0.497 e. The summed E-state index contributed by atoms with van der Waals surface area (Å²) >= 11 is 0. The van der Waals surface area contributed by atoms with E-state index < -0.39 is 0 Å². The second-order valence-electron chi connectivity index (χ2n) is 6.83. The van der Waals surface area contributed by atoms with Crippen molar-refractivity contribution >= 4 is 17.5 Å². The number of methoxy groups -OCH3 is 3. The van der Waals surface area contributed by atoms with Crippen LogP contribution in [0.2, 0.25) is 0 Å². The molecule has 1 heterocycles. The van der Waals surface area contributed by atoms with E-state index in [0.717, 1.165) is 18.4 Å². The van der Waals surface area contributed by atoms with E-state index in [-0.39, 0.29) is 18.2 Å². The number of nitrogens with zero attached hydrogens (tertiary/aromatic N) is 1. The summed E-state index contributed by atoms with van der Waals surface area (Å²) in [6.07, 6.45) is 2.12. The number of ether oxygens (including phenoxy) is 3. The number of hydrogen-bond acceptors (Lipinski definition) is 5. The second-order valence-corrected chi connectivity index (χ2v) is 6.83. The molecule has 1 aliphatic heterocycles. The molecule has 1 fully saturated rings. The van der Waals surface area contributed by atoms with E-state index in [0.29, 0.717) is 41.6 Å². The summed E-state index contributed by atoms with van der Waals surface area (Å²) in [4.78, 5) is 27.5. The van der Waals surface area contributed by atoms with Gasteiger partial charge in [-0.05, 0) is 36.6 Å². The Balaban J connectivity index is 1.87. The highest BCUT2D eigenvalue weighted by molar-refractivity contribution is 6.05. The fourth-order valence-electron chi connectivity index (χ4n) is 3.41. The number of hydrogen-bond donors (Lipinski definition) is 1. The lowest BCUT2D eigenvalue weighted by Gasteiger charge is -2.20. The van der Waals surface area contributed by atoms with E-state index in [1.165, 1.54) is 14.2 Å². The first kappa shape index (κ1) is 20.5. The minimum atomic E-state index is -0.235. The normalized spacial score (nSPS) is 13.1. The van der Waals surface area contributed by atoms with E-state index >= 15 is 0 Å². The summed E-state index contributed by atoms with van der Waals surface area (Å²) in [6.45, 7) is 1.43. The van der Waals surface area contributed by atoms with Gasteiger partial charge in [0.1, 0.15) is 5.75 Å². The van der Waals surface area contributed by atoms with Crippen molar-refractivity contribution in [3.8, 4) is 17.2 Å². The highest BCUT2D eigenvalue weighted by Crippen LogP contribution is 2.34. The molecule has 1 saturated heterocycles. The standard InChI is InChI=1S/C22H26N2O5/c1-27-16-8-6-7-15(11-16)12-21(25)23-18-14-20(29-3)19(28-2)13-17(18)22(26)24-9-4-5-10-24/h6-8,11,13-14H,4-5,9-10,12H2,1-3H3,(H,23,25). The fourth-order valence-corrected chi connectivity index (χ4v) is 3.41. The Morgan fingerprint density at radius 2 is 1.66 bits per heavy atom. The molecule has 7 nitrogen and oxygen atoms in total. The molecule has 0 atom stereocenters. The molecular weight excluding hydrogens is 372 g/mol. The van der Waals surface area contributed by atoms with Crippen molar-refractivity contribution in [2.24, 2.45) is 0 Å². The van der Waals surface area contributed by atoms with Gasteiger partial charge >= 0.3 is 0 Å². The van der Waals surface area contributed by atoms with Gasteiger partial charge in [-0.2, -0.15) is 0 Å². The van der Waals surface area contributed by atoms with E-state index in [1.54, 1.807) is 24.1 Å². The highest BCUT2D eigenvalue weighted by Gasteiger charge is 2.25. The van der Waals surface area contributed by atoms with Gasteiger partial charge in [0, 0.05) is 19.2 Å². The van der Waals surface area contributed by atoms with Crippen LogP contribution in [0, 0.1) is 0 Å².